The zero-order valence-electron chi connectivity index (χ0n) is 10.4. The zero-order chi connectivity index (χ0) is 12.1. The Morgan fingerprint density at radius 3 is 2.41 bits per heavy atom. The van der Waals surface area contributed by atoms with Gasteiger partial charge in [0.1, 0.15) is 0 Å². The summed E-state index contributed by atoms with van der Waals surface area (Å²) in [6.45, 7) is 5.08. The van der Waals surface area contributed by atoms with E-state index in [4.69, 9.17) is 0 Å². The molecule has 0 aliphatic rings. The van der Waals surface area contributed by atoms with Gasteiger partial charge in [0.15, 0.2) is 6.71 Å². The van der Waals surface area contributed by atoms with Crippen LogP contribution in [0.4, 0.5) is 0 Å². The minimum absolute atomic E-state index is 0.630. The summed E-state index contributed by atoms with van der Waals surface area (Å²) in [7, 11) is 0. The van der Waals surface area contributed by atoms with E-state index in [9.17, 15) is 0 Å². The Morgan fingerprint density at radius 1 is 1.06 bits per heavy atom. The van der Waals surface area contributed by atoms with Gasteiger partial charge in [-0.05, 0) is 18.2 Å². The Morgan fingerprint density at radius 2 is 1.88 bits per heavy atom. The lowest BCUT2D eigenvalue weighted by Gasteiger charge is -2.09. The lowest BCUT2D eigenvalue weighted by atomic mass is 9.42. The second-order valence-electron chi connectivity index (χ2n) is 4.23. The molecule has 2 aromatic heterocycles. The first-order valence-electron chi connectivity index (χ1n) is 6.21. The Hall–Kier alpha value is -1.64. The Balaban J connectivity index is 2.24. The van der Waals surface area contributed by atoms with Crippen molar-refractivity contribution in [1.29, 1.82) is 0 Å². The number of pyridine rings is 2. The van der Waals surface area contributed by atoms with E-state index < -0.39 is 0 Å². The van der Waals surface area contributed by atoms with Crippen molar-refractivity contribution in [2.24, 2.45) is 0 Å². The van der Waals surface area contributed by atoms with Crippen LogP contribution in [-0.4, -0.2) is 16.7 Å². The van der Waals surface area contributed by atoms with Gasteiger partial charge in [-0.15, -0.1) is 0 Å². The maximum Gasteiger partial charge on any atom is 0.177 e. The summed E-state index contributed by atoms with van der Waals surface area (Å²) in [5.41, 5.74) is 3.40. The molecule has 0 radical (unpaired) electrons. The first-order valence-corrected chi connectivity index (χ1v) is 6.21. The molecule has 2 rings (SSSR count). The average molecular weight is 224 g/mol. The average Bonchev–Trinajstić information content (AvgIpc) is 2.42. The maximum absolute atomic E-state index is 4.53. The number of hydrogen-bond donors (Lipinski definition) is 0. The van der Waals surface area contributed by atoms with Crippen LogP contribution in [0.25, 0.3) is 11.3 Å². The van der Waals surface area contributed by atoms with Crippen LogP contribution in [-0.2, 0) is 0 Å². The predicted octanol–water partition coefficient (Wildman–Crippen LogP) is 2.89. The van der Waals surface area contributed by atoms with E-state index in [1.54, 1.807) is 6.20 Å². The van der Waals surface area contributed by atoms with Gasteiger partial charge in [-0.25, -0.2) is 0 Å². The maximum atomic E-state index is 4.53. The first kappa shape index (κ1) is 11.8. The van der Waals surface area contributed by atoms with Crippen molar-refractivity contribution in [2.75, 3.05) is 0 Å². The minimum Gasteiger partial charge on any atom is -0.264 e. The molecular formula is C14H17BN2. The molecule has 0 N–H and O–H groups in total. The Bertz CT molecular complexity index is 449. The lowest BCUT2D eigenvalue weighted by Crippen LogP contribution is -2.28. The molecule has 0 spiro atoms. The molecular weight excluding hydrogens is 207 g/mol. The van der Waals surface area contributed by atoms with Crippen LogP contribution in [0.3, 0.4) is 0 Å². The molecule has 0 atom stereocenters. The van der Waals surface area contributed by atoms with Gasteiger partial charge >= 0.3 is 0 Å². The zero-order valence-corrected chi connectivity index (χ0v) is 10.4. The van der Waals surface area contributed by atoms with Crippen LogP contribution in [0.2, 0.25) is 12.6 Å². The fourth-order valence-corrected chi connectivity index (χ4v) is 2.09. The molecule has 0 bridgehead atoms. The van der Waals surface area contributed by atoms with Crippen LogP contribution >= 0.6 is 0 Å². The monoisotopic (exact) mass is 224 g/mol. The third kappa shape index (κ3) is 2.73. The van der Waals surface area contributed by atoms with Gasteiger partial charge in [0.2, 0.25) is 0 Å². The molecule has 0 aromatic carbocycles. The Kier molecular flexibility index (Phi) is 3.91. The van der Waals surface area contributed by atoms with Crippen molar-refractivity contribution >= 4 is 12.2 Å². The van der Waals surface area contributed by atoms with Crippen LogP contribution in [0.15, 0.2) is 42.9 Å². The fourth-order valence-electron chi connectivity index (χ4n) is 2.09. The van der Waals surface area contributed by atoms with E-state index >= 15 is 0 Å². The molecule has 3 heteroatoms. The van der Waals surface area contributed by atoms with E-state index in [-0.39, 0.29) is 0 Å². The van der Waals surface area contributed by atoms with Gasteiger partial charge in [-0.2, -0.15) is 0 Å². The van der Waals surface area contributed by atoms with E-state index in [1.165, 1.54) is 18.1 Å². The molecule has 0 saturated carbocycles. The summed E-state index contributed by atoms with van der Waals surface area (Å²) in [5, 5.41) is 0. The van der Waals surface area contributed by atoms with Crippen LogP contribution < -0.4 is 5.46 Å². The third-order valence-corrected chi connectivity index (χ3v) is 3.20. The minimum atomic E-state index is 0.630. The Labute approximate surface area is 103 Å². The fraction of sp³-hybridized carbons (Fsp3) is 0.286. The molecule has 86 valence electrons. The van der Waals surface area contributed by atoms with Crippen molar-refractivity contribution in [1.82, 2.24) is 9.97 Å². The smallest absolute Gasteiger partial charge is 0.177 e. The summed E-state index contributed by atoms with van der Waals surface area (Å²) in [4.78, 5) is 8.64. The van der Waals surface area contributed by atoms with Gasteiger partial charge in [0, 0.05) is 24.2 Å². The molecule has 2 heterocycles. The van der Waals surface area contributed by atoms with Gasteiger partial charge in [0.05, 0.1) is 5.69 Å². The van der Waals surface area contributed by atoms with Gasteiger partial charge < -0.3 is 0 Å². The summed E-state index contributed by atoms with van der Waals surface area (Å²) in [6.07, 6.45) is 7.97. The molecule has 2 aromatic rings. The molecule has 2 nitrogen and oxygen atoms in total. The molecule has 0 aliphatic carbocycles. The van der Waals surface area contributed by atoms with Crippen molar-refractivity contribution < 1.29 is 0 Å². The molecule has 0 fully saturated rings. The highest BCUT2D eigenvalue weighted by Crippen LogP contribution is 2.13. The normalized spacial score (nSPS) is 10.2. The number of rotatable bonds is 4. The molecule has 0 saturated heterocycles. The highest BCUT2D eigenvalue weighted by atomic mass is 14.7. The van der Waals surface area contributed by atoms with E-state index in [0.29, 0.717) is 6.71 Å². The van der Waals surface area contributed by atoms with Gasteiger partial charge in [-0.1, -0.05) is 38.0 Å². The summed E-state index contributed by atoms with van der Waals surface area (Å²) in [6, 6.07) is 8.25. The molecule has 0 unspecified atom stereocenters. The SMILES string of the molecule is CCB(CC)c1ccc(-c2cccnc2)nc1. The van der Waals surface area contributed by atoms with Crippen molar-refractivity contribution in [3.8, 4) is 11.3 Å². The second kappa shape index (κ2) is 5.62. The first-order chi connectivity index (χ1) is 8.35. The standard InChI is InChI=1S/C14H17BN2/c1-3-15(4-2)13-7-8-14(17-11-13)12-6-5-9-16-10-12/h5-11H,3-4H2,1-2H3. The van der Waals surface area contributed by atoms with Crippen LogP contribution in [0.5, 0.6) is 0 Å². The van der Waals surface area contributed by atoms with E-state index in [1.807, 2.05) is 24.5 Å². The molecule has 0 amide bonds. The largest absolute Gasteiger partial charge is 0.264 e. The number of nitrogens with zero attached hydrogens (tertiary/aromatic N) is 2. The number of aromatic nitrogens is 2. The predicted molar refractivity (Wildman–Crippen MR) is 73.8 cm³/mol. The summed E-state index contributed by atoms with van der Waals surface area (Å²) < 4.78 is 0. The second-order valence-corrected chi connectivity index (χ2v) is 4.23. The highest BCUT2D eigenvalue weighted by molar-refractivity contribution is 6.72. The quantitative estimate of drug-likeness (QED) is 0.746. The van der Waals surface area contributed by atoms with Gasteiger partial charge in [0.25, 0.3) is 0 Å². The number of hydrogen-bond acceptors (Lipinski definition) is 2. The van der Waals surface area contributed by atoms with Crippen molar-refractivity contribution in [2.45, 2.75) is 26.5 Å². The van der Waals surface area contributed by atoms with Crippen molar-refractivity contribution in [3.05, 3.63) is 42.9 Å². The van der Waals surface area contributed by atoms with Crippen LogP contribution in [0.1, 0.15) is 13.8 Å². The van der Waals surface area contributed by atoms with Crippen LogP contribution in [0, 0.1) is 0 Å². The lowest BCUT2D eigenvalue weighted by molar-refractivity contribution is 1.27. The molecule has 0 aliphatic heterocycles. The van der Waals surface area contributed by atoms with Crippen molar-refractivity contribution in [3.63, 3.8) is 0 Å². The van der Waals surface area contributed by atoms with E-state index in [2.05, 4.69) is 35.9 Å². The summed E-state index contributed by atoms with van der Waals surface area (Å²) in [5.74, 6) is 0. The topological polar surface area (TPSA) is 25.8 Å². The van der Waals surface area contributed by atoms with Gasteiger partial charge in [-0.3, -0.25) is 9.97 Å². The summed E-state index contributed by atoms with van der Waals surface area (Å²) >= 11 is 0. The third-order valence-electron chi connectivity index (χ3n) is 3.20. The molecule has 17 heavy (non-hydrogen) atoms. The highest BCUT2D eigenvalue weighted by Gasteiger charge is 2.11. The van der Waals surface area contributed by atoms with E-state index in [0.717, 1.165) is 11.3 Å².